The van der Waals surface area contributed by atoms with Gasteiger partial charge in [-0.2, -0.15) is 0 Å². The maximum atomic E-state index is 13.5. The molecule has 0 aliphatic carbocycles. The van der Waals surface area contributed by atoms with Crippen molar-refractivity contribution in [1.82, 2.24) is 4.90 Å². The van der Waals surface area contributed by atoms with Crippen molar-refractivity contribution < 1.29 is 8.78 Å². The molecule has 0 spiro atoms. The Balaban J connectivity index is 2.36. The molecule has 1 aromatic rings. The Morgan fingerprint density at radius 3 is 2.33 bits per heavy atom. The molecule has 1 aromatic carbocycles. The standard InChI is InChI=1S/C12H15F2N/c1-8(2)15-6-5-9-10(7-15)12(14)4-3-11(9)13/h3-4,8H,5-7H2,1-2H3. The molecule has 15 heavy (non-hydrogen) atoms. The van der Waals surface area contributed by atoms with E-state index in [4.69, 9.17) is 0 Å². The van der Waals surface area contributed by atoms with Gasteiger partial charge in [-0.15, -0.1) is 0 Å². The van der Waals surface area contributed by atoms with E-state index in [0.717, 1.165) is 6.54 Å². The first kappa shape index (κ1) is 10.6. The van der Waals surface area contributed by atoms with Gasteiger partial charge in [0.15, 0.2) is 0 Å². The molecule has 0 atom stereocenters. The normalized spacial score (nSPS) is 16.9. The lowest BCUT2D eigenvalue weighted by Crippen LogP contribution is -2.36. The van der Waals surface area contributed by atoms with Crippen LogP contribution in [0.1, 0.15) is 25.0 Å². The highest BCUT2D eigenvalue weighted by molar-refractivity contribution is 5.32. The van der Waals surface area contributed by atoms with Crippen molar-refractivity contribution in [1.29, 1.82) is 0 Å². The summed E-state index contributed by atoms with van der Waals surface area (Å²) in [5.41, 5.74) is 1.10. The first-order chi connectivity index (χ1) is 7.09. The minimum atomic E-state index is -0.281. The predicted molar refractivity (Wildman–Crippen MR) is 55.6 cm³/mol. The maximum Gasteiger partial charge on any atom is 0.128 e. The SMILES string of the molecule is CC(C)N1CCc2c(F)ccc(F)c2C1. The van der Waals surface area contributed by atoms with Crippen LogP contribution in [0, 0.1) is 11.6 Å². The summed E-state index contributed by atoms with van der Waals surface area (Å²) in [5.74, 6) is -0.549. The Hall–Kier alpha value is -0.960. The molecule has 82 valence electrons. The van der Waals surface area contributed by atoms with E-state index < -0.39 is 0 Å². The summed E-state index contributed by atoms with van der Waals surface area (Å²) >= 11 is 0. The molecule has 1 aliphatic rings. The summed E-state index contributed by atoms with van der Waals surface area (Å²) in [5, 5.41) is 0. The predicted octanol–water partition coefficient (Wildman–Crippen LogP) is 2.73. The molecule has 0 unspecified atom stereocenters. The molecule has 1 heterocycles. The van der Waals surface area contributed by atoms with Gasteiger partial charge in [-0.05, 0) is 38.0 Å². The van der Waals surface area contributed by atoms with Gasteiger partial charge in [-0.3, -0.25) is 4.90 Å². The van der Waals surface area contributed by atoms with Gasteiger partial charge in [-0.25, -0.2) is 8.78 Å². The number of hydrogen-bond donors (Lipinski definition) is 0. The van der Waals surface area contributed by atoms with Crippen molar-refractivity contribution in [2.75, 3.05) is 6.54 Å². The van der Waals surface area contributed by atoms with Crippen LogP contribution in [0.25, 0.3) is 0 Å². The van der Waals surface area contributed by atoms with Crippen molar-refractivity contribution in [3.8, 4) is 0 Å². The second kappa shape index (κ2) is 3.89. The summed E-state index contributed by atoms with van der Waals surface area (Å²) in [4.78, 5) is 2.16. The average Bonchev–Trinajstić information content (AvgIpc) is 2.23. The van der Waals surface area contributed by atoms with E-state index >= 15 is 0 Å². The molecule has 0 bridgehead atoms. The van der Waals surface area contributed by atoms with Crippen molar-refractivity contribution >= 4 is 0 Å². The molecule has 1 aliphatic heterocycles. The Morgan fingerprint density at radius 2 is 1.73 bits per heavy atom. The quantitative estimate of drug-likeness (QED) is 0.690. The van der Waals surface area contributed by atoms with Gasteiger partial charge in [-0.1, -0.05) is 0 Å². The summed E-state index contributed by atoms with van der Waals surface area (Å²) in [6, 6.07) is 2.82. The Morgan fingerprint density at radius 1 is 1.13 bits per heavy atom. The average molecular weight is 211 g/mol. The van der Waals surface area contributed by atoms with Crippen LogP contribution in [-0.4, -0.2) is 17.5 Å². The van der Waals surface area contributed by atoms with E-state index in [1.165, 1.54) is 12.1 Å². The molecule has 0 N–H and O–H groups in total. The lowest BCUT2D eigenvalue weighted by atomic mass is 9.98. The zero-order valence-electron chi connectivity index (χ0n) is 9.06. The molecule has 0 radical (unpaired) electrons. The van der Waals surface area contributed by atoms with E-state index in [0.29, 0.717) is 30.1 Å². The van der Waals surface area contributed by atoms with Crippen LogP contribution in [-0.2, 0) is 13.0 Å². The largest absolute Gasteiger partial charge is 0.296 e. The number of benzene rings is 1. The van der Waals surface area contributed by atoms with Crippen LogP contribution in [0.5, 0.6) is 0 Å². The van der Waals surface area contributed by atoms with E-state index in [-0.39, 0.29) is 11.6 Å². The van der Waals surface area contributed by atoms with Crippen LogP contribution in [0.4, 0.5) is 8.78 Å². The fourth-order valence-corrected chi connectivity index (χ4v) is 2.06. The Bertz CT molecular complexity index is 374. The van der Waals surface area contributed by atoms with Gasteiger partial charge >= 0.3 is 0 Å². The van der Waals surface area contributed by atoms with Crippen LogP contribution in [0.2, 0.25) is 0 Å². The first-order valence-electron chi connectivity index (χ1n) is 5.29. The van der Waals surface area contributed by atoms with Gasteiger partial charge in [0.1, 0.15) is 11.6 Å². The Kier molecular flexibility index (Phi) is 2.74. The van der Waals surface area contributed by atoms with E-state index in [1.54, 1.807) is 0 Å². The summed E-state index contributed by atoms with van der Waals surface area (Å²) in [7, 11) is 0. The van der Waals surface area contributed by atoms with Gasteiger partial charge < -0.3 is 0 Å². The lowest BCUT2D eigenvalue weighted by molar-refractivity contribution is 0.198. The van der Waals surface area contributed by atoms with Crippen LogP contribution >= 0.6 is 0 Å². The molecule has 0 amide bonds. The van der Waals surface area contributed by atoms with E-state index in [1.807, 2.05) is 0 Å². The minimum Gasteiger partial charge on any atom is -0.296 e. The first-order valence-corrected chi connectivity index (χ1v) is 5.29. The number of fused-ring (bicyclic) bond motifs is 1. The van der Waals surface area contributed by atoms with E-state index in [2.05, 4.69) is 18.7 Å². The highest BCUT2D eigenvalue weighted by Gasteiger charge is 2.23. The number of halogens is 2. The second-order valence-electron chi connectivity index (χ2n) is 4.30. The van der Waals surface area contributed by atoms with Gasteiger partial charge in [0, 0.05) is 24.7 Å². The minimum absolute atomic E-state index is 0.269. The highest BCUT2D eigenvalue weighted by Crippen LogP contribution is 2.25. The van der Waals surface area contributed by atoms with Gasteiger partial charge in [0.05, 0.1) is 0 Å². The monoisotopic (exact) mass is 211 g/mol. The van der Waals surface area contributed by atoms with Crippen LogP contribution in [0.15, 0.2) is 12.1 Å². The Labute approximate surface area is 88.7 Å². The molecule has 2 rings (SSSR count). The van der Waals surface area contributed by atoms with E-state index in [9.17, 15) is 8.78 Å². The van der Waals surface area contributed by atoms with Gasteiger partial charge in [0.2, 0.25) is 0 Å². The third kappa shape index (κ3) is 1.88. The third-order valence-electron chi connectivity index (χ3n) is 3.06. The summed E-state index contributed by atoms with van der Waals surface area (Å²) in [6.07, 6.45) is 0.608. The van der Waals surface area contributed by atoms with Crippen molar-refractivity contribution in [3.05, 3.63) is 34.9 Å². The van der Waals surface area contributed by atoms with Crippen molar-refractivity contribution in [2.45, 2.75) is 32.9 Å². The fraction of sp³-hybridized carbons (Fsp3) is 0.500. The third-order valence-corrected chi connectivity index (χ3v) is 3.06. The van der Waals surface area contributed by atoms with Crippen LogP contribution < -0.4 is 0 Å². The molecule has 0 aromatic heterocycles. The number of hydrogen-bond acceptors (Lipinski definition) is 1. The second-order valence-corrected chi connectivity index (χ2v) is 4.30. The summed E-state index contributed by atoms with van der Waals surface area (Å²) in [6.45, 7) is 5.48. The smallest absolute Gasteiger partial charge is 0.128 e. The van der Waals surface area contributed by atoms with Gasteiger partial charge in [0.25, 0.3) is 0 Å². The molecular weight excluding hydrogens is 196 g/mol. The molecule has 3 heteroatoms. The zero-order chi connectivity index (χ0) is 11.0. The van der Waals surface area contributed by atoms with Crippen LogP contribution in [0.3, 0.4) is 0 Å². The zero-order valence-corrected chi connectivity index (χ0v) is 9.06. The summed E-state index contributed by atoms with van der Waals surface area (Å²) < 4.78 is 26.9. The number of nitrogens with zero attached hydrogens (tertiary/aromatic N) is 1. The lowest BCUT2D eigenvalue weighted by Gasteiger charge is -2.32. The fourth-order valence-electron chi connectivity index (χ4n) is 2.06. The molecule has 1 nitrogen and oxygen atoms in total. The van der Waals surface area contributed by atoms with Crippen molar-refractivity contribution in [2.24, 2.45) is 0 Å². The maximum absolute atomic E-state index is 13.5. The molecule has 0 saturated carbocycles. The highest BCUT2D eigenvalue weighted by atomic mass is 19.1. The topological polar surface area (TPSA) is 3.24 Å². The van der Waals surface area contributed by atoms with Crippen molar-refractivity contribution in [3.63, 3.8) is 0 Å². The molecule has 0 fully saturated rings. The number of rotatable bonds is 1. The molecular formula is C12H15F2N. The molecule has 0 saturated heterocycles.